The highest BCUT2D eigenvalue weighted by atomic mass is 35.5. The number of nitrogens with zero attached hydrogens (tertiary/aromatic N) is 2. The molecule has 5 nitrogen and oxygen atoms in total. The molecule has 0 aliphatic carbocycles. The maximum absolute atomic E-state index is 12.8. The van der Waals surface area contributed by atoms with Crippen LogP contribution in [0.3, 0.4) is 0 Å². The van der Waals surface area contributed by atoms with E-state index in [1.165, 1.54) is 4.31 Å². The summed E-state index contributed by atoms with van der Waals surface area (Å²) in [4.78, 5) is 0.310. The predicted molar refractivity (Wildman–Crippen MR) is 78.5 cm³/mol. The summed E-state index contributed by atoms with van der Waals surface area (Å²) in [6.45, 7) is 7.63. The Morgan fingerprint density at radius 1 is 1.45 bits per heavy atom. The first-order valence-electron chi connectivity index (χ1n) is 6.68. The number of alkyl halides is 1. The van der Waals surface area contributed by atoms with Gasteiger partial charge in [-0.2, -0.15) is 4.31 Å². The van der Waals surface area contributed by atoms with Gasteiger partial charge in [0.05, 0.1) is 24.6 Å². The van der Waals surface area contributed by atoms with Crippen LogP contribution in [0.25, 0.3) is 0 Å². The Kier molecular flexibility index (Phi) is 4.49. The van der Waals surface area contributed by atoms with Crippen LogP contribution in [0.5, 0.6) is 0 Å². The molecule has 0 aromatic carbocycles. The Hall–Kier alpha value is -0.560. The highest BCUT2D eigenvalue weighted by Crippen LogP contribution is 2.28. The van der Waals surface area contributed by atoms with Crippen LogP contribution < -0.4 is 0 Å². The third-order valence-corrected chi connectivity index (χ3v) is 5.95. The van der Waals surface area contributed by atoms with Crippen LogP contribution in [0, 0.1) is 0 Å². The number of hydrogen-bond donors (Lipinski definition) is 0. The highest BCUT2D eigenvalue weighted by Gasteiger charge is 2.40. The van der Waals surface area contributed by atoms with Crippen molar-refractivity contribution in [3.63, 3.8) is 0 Å². The third-order valence-electron chi connectivity index (χ3n) is 3.60. The molecule has 1 saturated heterocycles. The van der Waals surface area contributed by atoms with Crippen molar-refractivity contribution < 1.29 is 13.2 Å². The minimum atomic E-state index is -3.52. The molecule has 0 unspecified atom stereocenters. The quantitative estimate of drug-likeness (QED) is 0.798. The van der Waals surface area contributed by atoms with Crippen molar-refractivity contribution in [2.24, 2.45) is 0 Å². The van der Waals surface area contributed by atoms with E-state index >= 15 is 0 Å². The van der Waals surface area contributed by atoms with Gasteiger partial charge >= 0.3 is 0 Å². The zero-order valence-corrected chi connectivity index (χ0v) is 13.7. The summed E-state index contributed by atoms with van der Waals surface area (Å²) in [5.41, 5.74) is 0.283. The number of sulfonamides is 1. The monoisotopic (exact) mass is 320 g/mol. The van der Waals surface area contributed by atoms with Crippen LogP contribution in [0.15, 0.2) is 17.2 Å². The van der Waals surface area contributed by atoms with E-state index < -0.39 is 15.6 Å². The van der Waals surface area contributed by atoms with Crippen LogP contribution in [0.2, 0.25) is 0 Å². The van der Waals surface area contributed by atoms with Gasteiger partial charge in [-0.1, -0.05) is 0 Å². The fourth-order valence-corrected chi connectivity index (χ4v) is 4.54. The number of ether oxygens (including phenoxy) is 1. The van der Waals surface area contributed by atoms with E-state index in [1.54, 1.807) is 12.3 Å². The van der Waals surface area contributed by atoms with Crippen LogP contribution in [-0.2, 0) is 27.2 Å². The van der Waals surface area contributed by atoms with Gasteiger partial charge in [0.25, 0.3) is 0 Å². The molecule has 20 heavy (non-hydrogen) atoms. The zero-order chi connectivity index (χ0) is 15.0. The van der Waals surface area contributed by atoms with Gasteiger partial charge in [-0.05, 0) is 26.8 Å². The molecule has 0 saturated carbocycles. The average molecular weight is 321 g/mol. The SMILES string of the molecule is CCn1cc(S(=O)(=O)N2CCOCC2(C)C)cc1CCl. The normalized spacial score (nSPS) is 20.2. The van der Waals surface area contributed by atoms with Crippen molar-refractivity contribution >= 4 is 21.6 Å². The Balaban J connectivity index is 2.41. The first kappa shape index (κ1) is 15.8. The minimum Gasteiger partial charge on any atom is -0.378 e. The van der Waals surface area contributed by atoms with Gasteiger partial charge in [0.2, 0.25) is 10.0 Å². The maximum Gasteiger partial charge on any atom is 0.245 e. The Bertz CT molecular complexity index is 559. The van der Waals surface area contributed by atoms with E-state index in [9.17, 15) is 8.42 Å². The number of aromatic nitrogens is 1. The molecule has 2 rings (SSSR count). The number of aryl methyl sites for hydroxylation is 1. The van der Waals surface area contributed by atoms with E-state index in [-0.39, 0.29) is 0 Å². The van der Waals surface area contributed by atoms with Crippen molar-refractivity contribution in [2.75, 3.05) is 19.8 Å². The average Bonchev–Trinajstić information content (AvgIpc) is 2.81. The molecule has 1 aliphatic rings. The summed E-state index contributed by atoms with van der Waals surface area (Å²) >= 11 is 5.87. The molecule has 114 valence electrons. The standard InChI is InChI=1S/C13H21ClN2O3S/c1-4-15-9-12(7-11(15)8-14)20(17,18)16-5-6-19-10-13(16,2)3/h7,9H,4-6,8,10H2,1-3H3. The summed E-state index contributed by atoms with van der Waals surface area (Å²) in [5.74, 6) is 0.301. The fraction of sp³-hybridized carbons (Fsp3) is 0.692. The Morgan fingerprint density at radius 3 is 2.65 bits per heavy atom. The number of halogens is 1. The van der Waals surface area contributed by atoms with Gasteiger partial charge in [-0.15, -0.1) is 11.6 Å². The van der Waals surface area contributed by atoms with E-state index in [0.717, 1.165) is 5.69 Å². The topological polar surface area (TPSA) is 51.5 Å². The molecule has 1 fully saturated rings. The molecule has 0 spiro atoms. The second kappa shape index (κ2) is 5.67. The predicted octanol–water partition coefficient (Wildman–Crippen LogP) is 2.05. The molecule has 0 atom stereocenters. The van der Waals surface area contributed by atoms with Crippen LogP contribution in [-0.4, -0.2) is 42.6 Å². The number of hydrogen-bond acceptors (Lipinski definition) is 3. The number of morpholine rings is 1. The summed E-state index contributed by atoms with van der Waals surface area (Å²) in [7, 11) is -3.52. The molecule has 1 aromatic heterocycles. The molecule has 0 N–H and O–H groups in total. The second-order valence-corrected chi connectivity index (χ2v) is 7.66. The second-order valence-electron chi connectivity index (χ2n) is 5.53. The van der Waals surface area contributed by atoms with Gasteiger partial charge in [0, 0.05) is 25.0 Å². The summed E-state index contributed by atoms with van der Waals surface area (Å²) in [6.07, 6.45) is 1.67. The van der Waals surface area contributed by atoms with Gasteiger partial charge in [0.15, 0.2) is 0 Å². The molecular formula is C13H21ClN2O3S. The lowest BCUT2D eigenvalue weighted by molar-refractivity contribution is -0.00770. The van der Waals surface area contributed by atoms with E-state index in [4.69, 9.17) is 16.3 Å². The molecular weight excluding hydrogens is 300 g/mol. The molecule has 2 heterocycles. The van der Waals surface area contributed by atoms with Crippen molar-refractivity contribution in [1.82, 2.24) is 8.87 Å². The molecule has 1 aromatic rings. The minimum absolute atomic E-state index is 0.301. The van der Waals surface area contributed by atoms with E-state index in [2.05, 4.69) is 0 Å². The van der Waals surface area contributed by atoms with E-state index in [1.807, 2.05) is 25.3 Å². The van der Waals surface area contributed by atoms with Gasteiger partial charge in [0.1, 0.15) is 4.90 Å². The van der Waals surface area contributed by atoms with Crippen LogP contribution in [0.1, 0.15) is 26.5 Å². The first-order valence-corrected chi connectivity index (χ1v) is 8.66. The lowest BCUT2D eigenvalue weighted by Gasteiger charge is -2.40. The van der Waals surface area contributed by atoms with Crippen molar-refractivity contribution in [1.29, 1.82) is 0 Å². The van der Waals surface area contributed by atoms with Crippen molar-refractivity contribution in [3.8, 4) is 0 Å². The zero-order valence-electron chi connectivity index (χ0n) is 12.1. The Labute approximate surface area is 125 Å². The highest BCUT2D eigenvalue weighted by molar-refractivity contribution is 7.89. The maximum atomic E-state index is 12.8. The summed E-state index contributed by atoms with van der Waals surface area (Å²) < 4.78 is 34.4. The van der Waals surface area contributed by atoms with Crippen molar-refractivity contribution in [3.05, 3.63) is 18.0 Å². The lowest BCUT2D eigenvalue weighted by Crippen LogP contribution is -2.55. The van der Waals surface area contributed by atoms with Gasteiger partial charge in [-0.3, -0.25) is 0 Å². The van der Waals surface area contributed by atoms with Gasteiger partial charge in [-0.25, -0.2) is 8.42 Å². The largest absolute Gasteiger partial charge is 0.378 e. The summed E-state index contributed by atoms with van der Waals surface area (Å²) in [6, 6.07) is 1.66. The van der Waals surface area contributed by atoms with Gasteiger partial charge < -0.3 is 9.30 Å². The van der Waals surface area contributed by atoms with E-state index in [0.29, 0.717) is 37.1 Å². The van der Waals surface area contributed by atoms with Crippen LogP contribution in [0.4, 0.5) is 0 Å². The fourth-order valence-electron chi connectivity index (χ4n) is 2.49. The third kappa shape index (κ3) is 2.74. The number of rotatable bonds is 4. The molecule has 0 amide bonds. The molecule has 7 heteroatoms. The first-order chi connectivity index (χ1) is 9.32. The lowest BCUT2D eigenvalue weighted by atomic mass is 10.1. The Morgan fingerprint density at radius 2 is 2.15 bits per heavy atom. The van der Waals surface area contributed by atoms with Crippen LogP contribution >= 0.6 is 11.6 Å². The molecule has 0 bridgehead atoms. The summed E-state index contributed by atoms with van der Waals surface area (Å²) in [5, 5.41) is 0. The smallest absolute Gasteiger partial charge is 0.245 e. The molecule has 0 radical (unpaired) electrons. The van der Waals surface area contributed by atoms with Crippen molar-refractivity contribution in [2.45, 2.75) is 43.6 Å². The molecule has 1 aliphatic heterocycles.